The molecule has 0 radical (unpaired) electrons. The molecule has 0 aliphatic carbocycles. The number of halogens is 4. The van der Waals surface area contributed by atoms with E-state index in [1.165, 1.54) is 12.4 Å². The Balaban J connectivity index is 0.000000360. The second-order valence-electron chi connectivity index (χ2n) is 7.42. The lowest BCUT2D eigenvalue weighted by molar-refractivity contribution is -0.192. The molecule has 0 unspecified atom stereocenters. The van der Waals surface area contributed by atoms with Crippen molar-refractivity contribution < 1.29 is 37.0 Å². The Kier molecular flexibility index (Phi) is 6.96. The molecule has 0 aromatic carbocycles. The number of aryl methyl sites for hydroxylation is 1. The van der Waals surface area contributed by atoms with Crippen LogP contribution in [0.2, 0.25) is 0 Å². The number of hydrogen-bond acceptors (Lipinski definition) is 6. The number of aromatic nitrogens is 3. The van der Waals surface area contributed by atoms with E-state index >= 15 is 0 Å². The van der Waals surface area contributed by atoms with E-state index in [1.807, 2.05) is 24.2 Å². The van der Waals surface area contributed by atoms with Crippen LogP contribution in [0.3, 0.4) is 0 Å². The van der Waals surface area contributed by atoms with Gasteiger partial charge >= 0.3 is 12.1 Å². The summed E-state index contributed by atoms with van der Waals surface area (Å²) in [5, 5.41) is 10.1. The van der Waals surface area contributed by atoms with Crippen LogP contribution < -0.4 is 10.2 Å². The van der Waals surface area contributed by atoms with E-state index < -0.39 is 18.0 Å². The Morgan fingerprint density at radius 1 is 1.28 bits per heavy atom. The Bertz CT molecular complexity index is 950. The Morgan fingerprint density at radius 2 is 1.94 bits per heavy atom. The zero-order chi connectivity index (χ0) is 23.5. The molecule has 13 heteroatoms. The number of rotatable bonds is 4. The fourth-order valence-electron chi connectivity index (χ4n) is 3.65. The zero-order valence-electron chi connectivity index (χ0n) is 16.9. The summed E-state index contributed by atoms with van der Waals surface area (Å²) in [6.45, 7) is 2.66. The molecule has 9 nitrogen and oxygen atoms in total. The zero-order valence-corrected chi connectivity index (χ0v) is 16.9. The van der Waals surface area contributed by atoms with Crippen molar-refractivity contribution in [1.82, 2.24) is 19.9 Å². The van der Waals surface area contributed by atoms with Gasteiger partial charge in [0, 0.05) is 44.7 Å². The molecule has 2 saturated heterocycles. The average molecular weight is 459 g/mol. The molecule has 2 fully saturated rings. The molecule has 0 bridgehead atoms. The van der Waals surface area contributed by atoms with Crippen molar-refractivity contribution in [3.8, 4) is 0 Å². The first kappa shape index (κ1) is 23.4. The maximum absolute atomic E-state index is 13.0. The molecule has 2 aliphatic heterocycles. The number of anilines is 1. The number of amides is 1. The number of aliphatic carboxylic acids is 1. The summed E-state index contributed by atoms with van der Waals surface area (Å²) in [4.78, 5) is 31.2. The van der Waals surface area contributed by atoms with Gasteiger partial charge in [-0.3, -0.25) is 4.79 Å². The van der Waals surface area contributed by atoms with E-state index in [-0.39, 0.29) is 17.9 Å². The topological polar surface area (TPSA) is 110 Å². The maximum atomic E-state index is 13.0. The van der Waals surface area contributed by atoms with Gasteiger partial charge in [0.25, 0.3) is 5.91 Å². The fourth-order valence-corrected chi connectivity index (χ4v) is 3.65. The van der Waals surface area contributed by atoms with Crippen LogP contribution in [0, 0.1) is 17.7 Å². The van der Waals surface area contributed by atoms with E-state index in [0.29, 0.717) is 37.3 Å². The van der Waals surface area contributed by atoms with Crippen LogP contribution in [0.1, 0.15) is 10.5 Å². The van der Waals surface area contributed by atoms with Crippen LogP contribution in [0.25, 0.3) is 0 Å². The largest absolute Gasteiger partial charge is 0.490 e. The van der Waals surface area contributed by atoms with Gasteiger partial charge in [-0.25, -0.2) is 19.2 Å². The number of carboxylic acid groups (broad SMARTS) is 1. The van der Waals surface area contributed by atoms with E-state index in [0.717, 1.165) is 6.54 Å². The van der Waals surface area contributed by atoms with Gasteiger partial charge in [0.2, 0.25) is 5.95 Å². The minimum Gasteiger partial charge on any atom is -0.475 e. The molecule has 4 heterocycles. The number of fused-ring (bicyclic) bond motifs is 1. The molecule has 3 atom stereocenters. The van der Waals surface area contributed by atoms with Crippen molar-refractivity contribution in [2.45, 2.75) is 12.3 Å². The average Bonchev–Trinajstić information content (AvgIpc) is 3.42. The summed E-state index contributed by atoms with van der Waals surface area (Å²) in [6.07, 6.45) is -0.782. The third-order valence-corrected chi connectivity index (χ3v) is 5.27. The lowest BCUT2D eigenvalue weighted by Gasteiger charge is -2.20. The number of hydrogen-bond donors (Lipinski definition) is 2. The second kappa shape index (κ2) is 9.51. The lowest BCUT2D eigenvalue weighted by Crippen LogP contribution is -2.35. The Morgan fingerprint density at radius 3 is 2.50 bits per heavy atom. The summed E-state index contributed by atoms with van der Waals surface area (Å²) < 4.78 is 52.4. The number of carbonyl (C=O) groups excluding carboxylic acids is 1. The van der Waals surface area contributed by atoms with E-state index in [4.69, 9.17) is 14.6 Å². The molecular weight excluding hydrogens is 438 g/mol. The quantitative estimate of drug-likeness (QED) is 0.667. The fraction of sp³-hybridized carbons (Fsp3) is 0.474. The highest BCUT2D eigenvalue weighted by atomic mass is 19.4. The summed E-state index contributed by atoms with van der Waals surface area (Å²) in [5.41, 5.74) is 0.642. The van der Waals surface area contributed by atoms with Gasteiger partial charge in [0.05, 0.1) is 25.1 Å². The van der Waals surface area contributed by atoms with Crippen LogP contribution >= 0.6 is 0 Å². The number of nitrogens with one attached hydrogen (secondary N) is 1. The van der Waals surface area contributed by atoms with Gasteiger partial charge in [-0.05, 0) is 12.1 Å². The molecule has 174 valence electrons. The highest BCUT2D eigenvalue weighted by Gasteiger charge is 2.44. The van der Waals surface area contributed by atoms with Gasteiger partial charge < -0.3 is 24.6 Å². The minimum atomic E-state index is -5.08. The van der Waals surface area contributed by atoms with Crippen molar-refractivity contribution >= 4 is 17.8 Å². The molecule has 1 amide bonds. The highest BCUT2D eigenvalue weighted by Crippen LogP contribution is 2.34. The summed E-state index contributed by atoms with van der Waals surface area (Å²) in [5.74, 6) is -2.20. The van der Waals surface area contributed by atoms with E-state index in [1.54, 1.807) is 10.6 Å². The van der Waals surface area contributed by atoms with Gasteiger partial charge in [-0.1, -0.05) is 0 Å². The number of alkyl halides is 3. The Labute approximate surface area is 180 Å². The number of carbonyl (C=O) groups is 2. The molecule has 2 aromatic heterocycles. The van der Waals surface area contributed by atoms with Gasteiger partial charge in [-0.15, -0.1) is 0 Å². The number of ether oxygens (including phenoxy) is 1. The molecule has 32 heavy (non-hydrogen) atoms. The predicted molar refractivity (Wildman–Crippen MR) is 102 cm³/mol. The number of carboxylic acids is 1. The molecule has 4 rings (SSSR count). The van der Waals surface area contributed by atoms with Crippen LogP contribution in [0.15, 0.2) is 30.7 Å². The second-order valence-corrected chi connectivity index (χ2v) is 7.42. The molecule has 2 aliphatic rings. The van der Waals surface area contributed by atoms with E-state index in [9.17, 15) is 22.4 Å². The third kappa shape index (κ3) is 5.52. The van der Waals surface area contributed by atoms with Crippen LogP contribution in [-0.4, -0.2) is 70.0 Å². The first-order valence-electron chi connectivity index (χ1n) is 9.60. The van der Waals surface area contributed by atoms with Gasteiger partial charge in [-0.2, -0.15) is 13.2 Å². The maximum Gasteiger partial charge on any atom is 0.490 e. The van der Waals surface area contributed by atoms with Gasteiger partial charge in [0.1, 0.15) is 5.69 Å². The number of nitrogens with zero attached hydrogens (tertiary/aromatic N) is 4. The summed E-state index contributed by atoms with van der Waals surface area (Å²) >= 11 is 0. The molecule has 0 saturated carbocycles. The highest BCUT2D eigenvalue weighted by molar-refractivity contribution is 5.92. The third-order valence-electron chi connectivity index (χ3n) is 5.27. The monoisotopic (exact) mass is 459 g/mol. The molecule has 2 N–H and O–H groups in total. The summed E-state index contributed by atoms with van der Waals surface area (Å²) in [6, 6.07) is 3.65. The molecule has 2 aromatic rings. The first-order valence-corrected chi connectivity index (χ1v) is 9.60. The standard InChI is InChI=1S/C17H20FN5O2.C2HF3O2/c1-22-4-2-3-14(22)16(24)19-5-11-10-25-15-9-23(8-13(11)15)17-20-6-12(18)7-21-17;3-2(4,5)1(6)7/h2-4,6-7,11,13,15H,5,8-10H2,1H3,(H,19,24);(H,6,7)/t11-,13-,15-;/m1./s1. The SMILES string of the molecule is Cn1cccc1C(=O)NC[C@@H]1CO[C@@H]2CN(c3ncc(F)cn3)C[C@H]12.O=C(O)C(F)(F)F. The van der Waals surface area contributed by atoms with Crippen molar-refractivity contribution in [1.29, 1.82) is 0 Å². The van der Waals surface area contributed by atoms with E-state index in [2.05, 4.69) is 15.3 Å². The van der Waals surface area contributed by atoms with Crippen molar-refractivity contribution in [2.24, 2.45) is 18.9 Å². The smallest absolute Gasteiger partial charge is 0.475 e. The van der Waals surface area contributed by atoms with Crippen molar-refractivity contribution in [3.05, 3.63) is 42.2 Å². The molecule has 0 spiro atoms. The van der Waals surface area contributed by atoms with Gasteiger partial charge in [0.15, 0.2) is 5.82 Å². The normalized spacial score (nSPS) is 22.2. The Hall–Kier alpha value is -3.22. The van der Waals surface area contributed by atoms with Crippen LogP contribution in [0.5, 0.6) is 0 Å². The first-order chi connectivity index (χ1) is 15.1. The predicted octanol–water partition coefficient (Wildman–Crippen LogP) is 1.47. The van der Waals surface area contributed by atoms with Crippen LogP contribution in [-0.2, 0) is 16.6 Å². The lowest BCUT2D eigenvalue weighted by atomic mass is 9.93. The minimum absolute atomic E-state index is 0.0762. The van der Waals surface area contributed by atoms with Crippen molar-refractivity contribution in [3.63, 3.8) is 0 Å². The summed E-state index contributed by atoms with van der Waals surface area (Å²) in [7, 11) is 1.85. The van der Waals surface area contributed by atoms with Crippen LogP contribution in [0.4, 0.5) is 23.5 Å². The van der Waals surface area contributed by atoms with Crippen molar-refractivity contribution in [2.75, 3.05) is 31.1 Å². The molecular formula is C19H21F4N5O4.